The molecule has 1 aliphatic heterocycles. The SMILES string of the molecule is CC(=O)Nc1ccc(NC(=O)C2(C)Cc3cc(Cl)ccc3C(=O)O2)cc1. The van der Waals surface area contributed by atoms with Crippen LogP contribution in [0.15, 0.2) is 42.5 Å². The maximum absolute atomic E-state index is 12.7. The van der Waals surface area contributed by atoms with Gasteiger partial charge in [0, 0.05) is 29.7 Å². The smallest absolute Gasteiger partial charge is 0.339 e. The molecule has 2 aromatic carbocycles. The van der Waals surface area contributed by atoms with Gasteiger partial charge in [0.25, 0.3) is 5.91 Å². The molecule has 1 heterocycles. The molecule has 7 heteroatoms. The van der Waals surface area contributed by atoms with E-state index in [1.165, 1.54) is 6.92 Å². The Morgan fingerprint density at radius 2 is 1.69 bits per heavy atom. The molecular formula is C19H17ClN2O4. The average Bonchev–Trinajstić information content (AvgIpc) is 2.55. The fourth-order valence-electron chi connectivity index (χ4n) is 2.80. The molecule has 26 heavy (non-hydrogen) atoms. The Balaban J connectivity index is 1.77. The summed E-state index contributed by atoms with van der Waals surface area (Å²) in [5.74, 6) is -1.17. The van der Waals surface area contributed by atoms with E-state index in [-0.39, 0.29) is 12.3 Å². The zero-order valence-corrected chi connectivity index (χ0v) is 15.0. The van der Waals surface area contributed by atoms with Crippen molar-refractivity contribution in [1.29, 1.82) is 0 Å². The Kier molecular flexibility index (Phi) is 4.70. The highest BCUT2D eigenvalue weighted by Crippen LogP contribution is 2.31. The lowest BCUT2D eigenvalue weighted by Gasteiger charge is -2.33. The largest absolute Gasteiger partial charge is 0.445 e. The van der Waals surface area contributed by atoms with Gasteiger partial charge in [-0.1, -0.05) is 11.6 Å². The summed E-state index contributed by atoms with van der Waals surface area (Å²) < 4.78 is 5.40. The van der Waals surface area contributed by atoms with Crippen LogP contribution < -0.4 is 10.6 Å². The molecule has 0 spiro atoms. The van der Waals surface area contributed by atoms with Crippen molar-refractivity contribution >= 4 is 40.8 Å². The summed E-state index contributed by atoms with van der Waals surface area (Å²) in [6, 6.07) is 11.5. The summed E-state index contributed by atoms with van der Waals surface area (Å²) >= 11 is 6.00. The number of carbonyl (C=O) groups is 3. The topological polar surface area (TPSA) is 84.5 Å². The van der Waals surface area contributed by atoms with E-state index in [1.807, 2.05) is 0 Å². The maximum Gasteiger partial charge on any atom is 0.339 e. The van der Waals surface area contributed by atoms with E-state index in [0.29, 0.717) is 27.5 Å². The molecule has 1 unspecified atom stereocenters. The number of benzene rings is 2. The summed E-state index contributed by atoms with van der Waals surface area (Å²) in [5, 5.41) is 5.88. The Labute approximate surface area is 155 Å². The standard InChI is InChI=1S/C19H17ClN2O4/c1-11(23)21-14-4-6-15(7-5-14)22-18(25)19(2)10-12-9-13(20)3-8-16(12)17(24)26-19/h3-9H,10H2,1-2H3,(H,21,23)(H,22,25). The third-order valence-corrected chi connectivity index (χ3v) is 4.31. The average molecular weight is 373 g/mol. The fourth-order valence-corrected chi connectivity index (χ4v) is 2.99. The van der Waals surface area contributed by atoms with Gasteiger partial charge in [-0.05, 0) is 55.0 Å². The van der Waals surface area contributed by atoms with Gasteiger partial charge >= 0.3 is 5.97 Å². The number of halogens is 1. The molecule has 0 bridgehead atoms. The van der Waals surface area contributed by atoms with Crippen molar-refractivity contribution in [3.8, 4) is 0 Å². The second kappa shape index (κ2) is 6.80. The molecule has 2 N–H and O–H groups in total. The molecule has 1 atom stereocenters. The molecule has 0 fully saturated rings. The molecular weight excluding hydrogens is 356 g/mol. The number of hydrogen-bond acceptors (Lipinski definition) is 4. The van der Waals surface area contributed by atoms with Crippen LogP contribution in [0.3, 0.4) is 0 Å². The number of nitrogens with one attached hydrogen (secondary N) is 2. The van der Waals surface area contributed by atoms with Crippen LogP contribution in [0.4, 0.5) is 11.4 Å². The van der Waals surface area contributed by atoms with Gasteiger partial charge in [-0.2, -0.15) is 0 Å². The number of carbonyl (C=O) groups excluding carboxylic acids is 3. The summed E-state index contributed by atoms with van der Waals surface area (Å²) in [6.07, 6.45) is 0.227. The molecule has 0 saturated heterocycles. The third kappa shape index (κ3) is 3.70. The van der Waals surface area contributed by atoms with Crippen LogP contribution in [0, 0.1) is 0 Å². The Morgan fingerprint density at radius 1 is 1.08 bits per heavy atom. The van der Waals surface area contributed by atoms with E-state index in [4.69, 9.17) is 16.3 Å². The first kappa shape index (κ1) is 17.9. The Morgan fingerprint density at radius 3 is 2.31 bits per heavy atom. The minimum atomic E-state index is -1.34. The van der Waals surface area contributed by atoms with E-state index in [0.717, 1.165) is 0 Å². The van der Waals surface area contributed by atoms with Crippen molar-refractivity contribution in [3.63, 3.8) is 0 Å². The van der Waals surface area contributed by atoms with Crippen LogP contribution in [0.2, 0.25) is 5.02 Å². The molecule has 2 aromatic rings. The zero-order chi connectivity index (χ0) is 18.9. The van der Waals surface area contributed by atoms with Crippen molar-refractivity contribution in [2.45, 2.75) is 25.9 Å². The van der Waals surface area contributed by atoms with Crippen molar-refractivity contribution < 1.29 is 19.1 Å². The third-order valence-electron chi connectivity index (χ3n) is 4.08. The molecule has 0 saturated carbocycles. The van der Waals surface area contributed by atoms with Crippen LogP contribution in [-0.4, -0.2) is 23.4 Å². The molecule has 134 valence electrons. The van der Waals surface area contributed by atoms with Gasteiger partial charge in [0.1, 0.15) is 0 Å². The predicted octanol–water partition coefficient (Wildman–Crippen LogP) is 3.41. The number of hydrogen-bond donors (Lipinski definition) is 2. The minimum absolute atomic E-state index is 0.180. The van der Waals surface area contributed by atoms with Crippen LogP contribution in [0.1, 0.15) is 29.8 Å². The number of fused-ring (bicyclic) bond motifs is 1. The first-order valence-corrected chi connectivity index (χ1v) is 8.35. The van der Waals surface area contributed by atoms with Gasteiger partial charge in [-0.3, -0.25) is 9.59 Å². The van der Waals surface area contributed by atoms with Gasteiger partial charge in [0.15, 0.2) is 5.60 Å². The van der Waals surface area contributed by atoms with Crippen LogP contribution in [0.5, 0.6) is 0 Å². The van der Waals surface area contributed by atoms with Crippen molar-refractivity contribution in [2.75, 3.05) is 10.6 Å². The number of cyclic esters (lactones) is 1. The first-order valence-electron chi connectivity index (χ1n) is 7.98. The highest BCUT2D eigenvalue weighted by Gasteiger charge is 2.42. The summed E-state index contributed by atoms with van der Waals surface area (Å²) in [4.78, 5) is 36.0. The van der Waals surface area contributed by atoms with E-state index in [1.54, 1.807) is 49.4 Å². The van der Waals surface area contributed by atoms with Gasteiger partial charge in [-0.25, -0.2) is 4.79 Å². The van der Waals surface area contributed by atoms with E-state index >= 15 is 0 Å². The number of amides is 2. The normalized spacial score (nSPS) is 18.5. The molecule has 2 amide bonds. The zero-order valence-electron chi connectivity index (χ0n) is 14.3. The lowest BCUT2D eigenvalue weighted by Crippen LogP contribution is -2.48. The van der Waals surface area contributed by atoms with Crippen molar-refractivity contribution in [3.05, 3.63) is 58.6 Å². The van der Waals surface area contributed by atoms with E-state index in [2.05, 4.69) is 10.6 Å². The number of anilines is 2. The van der Waals surface area contributed by atoms with Crippen molar-refractivity contribution in [2.24, 2.45) is 0 Å². The molecule has 0 aliphatic carbocycles. The molecule has 3 rings (SSSR count). The van der Waals surface area contributed by atoms with Crippen LogP contribution in [0.25, 0.3) is 0 Å². The second-order valence-corrected chi connectivity index (χ2v) is 6.75. The summed E-state index contributed by atoms with van der Waals surface area (Å²) in [5.41, 5.74) is 0.893. The lowest BCUT2D eigenvalue weighted by molar-refractivity contribution is -0.134. The highest BCUT2D eigenvalue weighted by atomic mass is 35.5. The number of esters is 1. The monoisotopic (exact) mass is 372 g/mol. The molecule has 0 aromatic heterocycles. The molecule has 0 radical (unpaired) electrons. The van der Waals surface area contributed by atoms with Gasteiger partial charge in [0.05, 0.1) is 5.56 Å². The van der Waals surface area contributed by atoms with E-state index in [9.17, 15) is 14.4 Å². The second-order valence-electron chi connectivity index (χ2n) is 6.31. The van der Waals surface area contributed by atoms with Gasteiger partial charge in [0.2, 0.25) is 5.91 Å². The van der Waals surface area contributed by atoms with Gasteiger partial charge < -0.3 is 15.4 Å². The first-order chi connectivity index (χ1) is 12.3. The van der Waals surface area contributed by atoms with Gasteiger partial charge in [-0.15, -0.1) is 0 Å². The predicted molar refractivity (Wildman–Crippen MR) is 98.4 cm³/mol. The number of ether oxygens (including phenoxy) is 1. The van der Waals surface area contributed by atoms with Crippen LogP contribution >= 0.6 is 11.6 Å². The van der Waals surface area contributed by atoms with E-state index < -0.39 is 17.5 Å². The fraction of sp³-hybridized carbons (Fsp3) is 0.211. The minimum Gasteiger partial charge on any atom is -0.445 e. The summed E-state index contributed by atoms with van der Waals surface area (Å²) in [6.45, 7) is 2.98. The Hall–Kier alpha value is -2.86. The highest BCUT2D eigenvalue weighted by molar-refractivity contribution is 6.30. The van der Waals surface area contributed by atoms with Crippen LogP contribution in [-0.2, 0) is 20.7 Å². The lowest BCUT2D eigenvalue weighted by atomic mass is 9.89. The van der Waals surface area contributed by atoms with Crippen molar-refractivity contribution in [1.82, 2.24) is 0 Å². The molecule has 6 nitrogen and oxygen atoms in total. The Bertz CT molecular complexity index is 895. The number of rotatable bonds is 3. The molecule has 1 aliphatic rings. The maximum atomic E-state index is 12.7. The quantitative estimate of drug-likeness (QED) is 0.808. The summed E-state index contributed by atoms with van der Waals surface area (Å²) in [7, 11) is 0.